The third kappa shape index (κ3) is 5.77. The van der Waals surface area contributed by atoms with E-state index in [1.54, 1.807) is 0 Å². The minimum Gasteiger partial charge on any atom is -0.376 e. The fourth-order valence-electron chi connectivity index (χ4n) is 2.71. The molecule has 0 spiro atoms. The molecule has 6 nitrogen and oxygen atoms in total. The van der Waals surface area contributed by atoms with E-state index in [4.69, 9.17) is 9.73 Å². The summed E-state index contributed by atoms with van der Waals surface area (Å²) in [6.45, 7) is 2.33. The smallest absolute Gasteiger partial charge is 0.191 e. The van der Waals surface area contributed by atoms with E-state index in [9.17, 15) is 0 Å². The average Bonchev–Trinajstić information content (AvgIpc) is 3.21. The Balaban J connectivity index is 0.00000208. The van der Waals surface area contributed by atoms with Gasteiger partial charge in [0.15, 0.2) is 5.96 Å². The van der Waals surface area contributed by atoms with Gasteiger partial charge in [0.05, 0.1) is 12.6 Å². The maximum Gasteiger partial charge on any atom is 0.191 e. The molecule has 0 amide bonds. The summed E-state index contributed by atoms with van der Waals surface area (Å²) in [4.78, 5) is 11.2. The Kier molecular flexibility index (Phi) is 7.54. The molecule has 1 aliphatic carbocycles. The van der Waals surface area contributed by atoms with Crippen molar-refractivity contribution >= 4 is 35.8 Å². The molecule has 1 aromatic rings. The van der Waals surface area contributed by atoms with E-state index < -0.39 is 0 Å². The van der Waals surface area contributed by atoms with Crippen LogP contribution in [-0.4, -0.2) is 50.3 Å². The summed E-state index contributed by atoms with van der Waals surface area (Å²) in [6.07, 6.45) is 6.90. The number of ether oxygens (including phenoxy) is 1. The van der Waals surface area contributed by atoms with Crippen LogP contribution in [0.1, 0.15) is 31.2 Å². The molecule has 1 atom stereocenters. The summed E-state index contributed by atoms with van der Waals surface area (Å²) in [5.74, 6) is 1.86. The van der Waals surface area contributed by atoms with E-state index in [0.29, 0.717) is 18.7 Å². The van der Waals surface area contributed by atoms with Crippen molar-refractivity contribution < 1.29 is 4.74 Å². The maximum absolute atomic E-state index is 5.68. The van der Waals surface area contributed by atoms with Crippen LogP contribution >= 0.6 is 24.0 Å². The molecule has 24 heavy (non-hydrogen) atoms. The topological polar surface area (TPSA) is 61.8 Å². The van der Waals surface area contributed by atoms with E-state index in [0.717, 1.165) is 43.3 Å². The van der Waals surface area contributed by atoms with Crippen LogP contribution in [0, 0.1) is 0 Å². The molecule has 1 saturated carbocycles. The number of pyridine rings is 1. The zero-order valence-electron chi connectivity index (χ0n) is 14.5. The van der Waals surface area contributed by atoms with Crippen LogP contribution in [0.15, 0.2) is 23.3 Å². The van der Waals surface area contributed by atoms with Gasteiger partial charge in [0, 0.05) is 45.0 Å². The van der Waals surface area contributed by atoms with Gasteiger partial charge < -0.3 is 20.3 Å². The van der Waals surface area contributed by atoms with E-state index in [1.807, 2.05) is 31.3 Å². The molecule has 1 aromatic heterocycles. The highest BCUT2D eigenvalue weighted by molar-refractivity contribution is 14.0. The number of aliphatic imine (C=N–C) groups is 1. The SMILES string of the molecule is CN(C)c1ncccc1CN=C(NCC1CCCO1)NC1CC1.I. The van der Waals surface area contributed by atoms with Crippen LogP contribution in [-0.2, 0) is 11.3 Å². The molecule has 1 unspecified atom stereocenters. The number of halogens is 1. The fourth-order valence-corrected chi connectivity index (χ4v) is 2.71. The molecule has 1 saturated heterocycles. The third-order valence-corrected chi connectivity index (χ3v) is 4.14. The molecule has 1 aliphatic heterocycles. The molecule has 2 N–H and O–H groups in total. The lowest BCUT2D eigenvalue weighted by Gasteiger charge is -2.17. The number of guanidine groups is 1. The molecule has 0 bridgehead atoms. The lowest BCUT2D eigenvalue weighted by Crippen LogP contribution is -2.42. The number of anilines is 1. The number of hydrogen-bond donors (Lipinski definition) is 2. The third-order valence-electron chi connectivity index (χ3n) is 4.14. The number of hydrogen-bond acceptors (Lipinski definition) is 4. The molecular formula is C17H28IN5O. The largest absolute Gasteiger partial charge is 0.376 e. The highest BCUT2D eigenvalue weighted by atomic mass is 127. The first-order valence-electron chi connectivity index (χ1n) is 8.50. The van der Waals surface area contributed by atoms with Crippen molar-refractivity contribution in [2.45, 2.75) is 44.4 Å². The Morgan fingerprint density at radius 3 is 2.88 bits per heavy atom. The summed E-state index contributed by atoms with van der Waals surface area (Å²) >= 11 is 0. The zero-order valence-corrected chi connectivity index (χ0v) is 16.8. The zero-order chi connectivity index (χ0) is 16.1. The van der Waals surface area contributed by atoms with Crippen molar-refractivity contribution in [2.75, 3.05) is 32.1 Å². The van der Waals surface area contributed by atoms with Crippen LogP contribution in [0.2, 0.25) is 0 Å². The lowest BCUT2D eigenvalue weighted by atomic mass is 10.2. The van der Waals surface area contributed by atoms with Crippen LogP contribution in [0.4, 0.5) is 5.82 Å². The second-order valence-corrected chi connectivity index (χ2v) is 6.48. The van der Waals surface area contributed by atoms with Gasteiger partial charge >= 0.3 is 0 Å². The highest BCUT2D eigenvalue weighted by Crippen LogP contribution is 2.19. The van der Waals surface area contributed by atoms with Gasteiger partial charge in [-0.2, -0.15) is 0 Å². The van der Waals surface area contributed by atoms with Crippen LogP contribution in [0.25, 0.3) is 0 Å². The van der Waals surface area contributed by atoms with Crippen molar-refractivity contribution in [3.63, 3.8) is 0 Å². The standard InChI is InChI=1S/C17H27N5O.HI/c1-22(2)16-13(5-3-9-18-16)11-19-17(21-14-7-8-14)20-12-15-6-4-10-23-15;/h3,5,9,14-15H,4,6-8,10-12H2,1-2H3,(H2,19,20,21);1H. The molecule has 7 heteroatoms. The van der Waals surface area contributed by atoms with Crippen molar-refractivity contribution in [3.05, 3.63) is 23.9 Å². The van der Waals surface area contributed by atoms with Crippen molar-refractivity contribution in [1.82, 2.24) is 15.6 Å². The van der Waals surface area contributed by atoms with Crippen molar-refractivity contribution in [2.24, 2.45) is 4.99 Å². The minimum atomic E-state index is 0. The van der Waals surface area contributed by atoms with E-state index in [2.05, 4.69) is 21.7 Å². The van der Waals surface area contributed by atoms with Gasteiger partial charge in [-0.3, -0.25) is 0 Å². The molecule has 0 aromatic carbocycles. The highest BCUT2D eigenvalue weighted by Gasteiger charge is 2.23. The predicted octanol–water partition coefficient (Wildman–Crippen LogP) is 2.14. The second kappa shape index (κ2) is 9.41. The fraction of sp³-hybridized carbons (Fsp3) is 0.647. The number of nitrogens with zero attached hydrogens (tertiary/aromatic N) is 3. The quantitative estimate of drug-likeness (QED) is 0.399. The van der Waals surface area contributed by atoms with Crippen molar-refractivity contribution in [3.8, 4) is 0 Å². The van der Waals surface area contributed by atoms with E-state index in [-0.39, 0.29) is 24.0 Å². The first kappa shape index (κ1) is 19.2. The first-order chi connectivity index (χ1) is 11.2. The van der Waals surface area contributed by atoms with Gasteiger partial charge in [-0.15, -0.1) is 24.0 Å². The van der Waals surface area contributed by atoms with Crippen molar-refractivity contribution in [1.29, 1.82) is 0 Å². The molecular weight excluding hydrogens is 417 g/mol. The molecule has 3 rings (SSSR count). The summed E-state index contributed by atoms with van der Waals surface area (Å²) in [6, 6.07) is 4.62. The number of nitrogens with one attached hydrogen (secondary N) is 2. The lowest BCUT2D eigenvalue weighted by molar-refractivity contribution is 0.113. The monoisotopic (exact) mass is 445 g/mol. The van der Waals surface area contributed by atoms with E-state index >= 15 is 0 Å². The Labute approximate surface area is 161 Å². The average molecular weight is 445 g/mol. The van der Waals surface area contributed by atoms with Crippen LogP contribution < -0.4 is 15.5 Å². The Morgan fingerprint density at radius 1 is 1.38 bits per heavy atom. The van der Waals surface area contributed by atoms with Gasteiger partial charge in [0.25, 0.3) is 0 Å². The van der Waals surface area contributed by atoms with E-state index in [1.165, 1.54) is 12.8 Å². The minimum absolute atomic E-state index is 0. The maximum atomic E-state index is 5.68. The van der Waals surface area contributed by atoms with Gasteiger partial charge in [-0.25, -0.2) is 9.98 Å². The normalized spacial score (nSPS) is 20.4. The Morgan fingerprint density at radius 2 is 2.21 bits per heavy atom. The Hall–Kier alpha value is -1.09. The van der Waals surface area contributed by atoms with Crippen LogP contribution in [0.3, 0.4) is 0 Å². The second-order valence-electron chi connectivity index (χ2n) is 6.48. The summed E-state index contributed by atoms with van der Waals surface area (Å²) in [5, 5.41) is 6.91. The molecule has 2 fully saturated rings. The predicted molar refractivity (Wildman–Crippen MR) is 108 cm³/mol. The number of rotatable bonds is 6. The van der Waals surface area contributed by atoms with Crippen LogP contribution in [0.5, 0.6) is 0 Å². The van der Waals surface area contributed by atoms with Gasteiger partial charge in [0.1, 0.15) is 5.82 Å². The van der Waals surface area contributed by atoms with Gasteiger partial charge in [0.2, 0.25) is 0 Å². The first-order valence-corrected chi connectivity index (χ1v) is 8.50. The molecule has 0 radical (unpaired) electrons. The van der Waals surface area contributed by atoms with Gasteiger partial charge in [-0.05, 0) is 31.7 Å². The molecule has 2 aliphatic rings. The Bertz CT molecular complexity index is 542. The summed E-state index contributed by atoms with van der Waals surface area (Å²) < 4.78 is 5.68. The number of aromatic nitrogens is 1. The molecule has 2 heterocycles. The molecule has 134 valence electrons. The summed E-state index contributed by atoms with van der Waals surface area (Å²) in [5.41, 5.74) is 1.13. The van der Waals surface area contributed by atoms with Gasteiger partial charge in [-0.1, -0.05) is 6.07 Å². The summed E-state index contributed by atoms with van der Waals surface area (Å²) in [7, 11) is 4.02.